The van der Waals surface area contributed by atoms with E-state index >= 15 is 0 Å². The number of likely N-dealkylation sites (tertiary alicyclic amines) is 1. The van der Waals surface area contributed by atoms with Crippen molar-refractivity contribution in [2.75, 3.05) is 6.54 Å². The monoisotopic (exact) mass is 299 g/mol. The molecule has 0 atom stereocenters. The number of rotatable bonds is 2. The molecule has 1 aliphatic heterocycles. The van der Waals surface area contributed by atoms with Gasteiger partial charge in [0.25, 0.3) is 5.02 Å². The van der Waals surface area contributed by atoms with Crippen LogP contribution in [0.3, 0.4) is 0 Å². The third kappa shape index (κ3) is 2.22. The molecule has 0 saturated carbocycles. The Balaban J connectivity index is 3.57. The molecule has 1 saturated heterocycles. The normalized spacial score (nSPS) is 23.1. The molecule has 7 N–H and O–H groups in total. The zero-order valence-corrected chi connectivity index (χ0v) is 11.5. The first-order chi connectivity index (χ1) is 7.75. The molecule has 1 heterocycles. The van der Waals surface area contributed by atoms with Crippen molar-refractivity contribution in [1.82, 2.24) is 4.90 Å². The first kappa shape index (κ1) is 15.6. The predicted molar refractivity (Wildman–Crippen MR) is 62.5 cm³/mol. The largest absolute Gasteiger partial charge is 0.370 e. The number of hydrogen-bond donors (Lipinski definition) is 6. The summed E-state index contributed by atoms with van der Waals surface area (Å²) in [5.74, 6) is -0.834. The molecule has 0 unspecified atom stereocenters. The second kappa shape index (κ2) is 4.03. The third-order valence-electron chi connectivity index (χ3n) is 2.54. The van der Waals surface area contributed by atoms with Gasteiger partial charge >= 0.3 is 15.2 Å². The van der Waals surface area contributed by atoms with E-state index in [1.54, 1.807) is 0 Å². The van der Waals surface area contributed by atoms with E-state index in [4.69, 9.17) is 11.1 Å². The number of guanidine groups is 1. The van der Waals surface area contributed by atoms with E-state index in [1.807, 2.05) is 0 Å². The maximum Gasteiger partial charge on any atom is 0.364 e. The van der Waals surface area contributed by atoms with Crippen molar-refractivity contribution < 1.29 is 28.7 Å². The molecule has 2 radical (unpaired) electrons. The van der Waals surface area contributed by atoms with E-state index in [0.717, 1.165) is 0 Å². The molecule has 0 aliphatic carbocycles. The zero-order valence-electron chi connectivity index (χ0n) is 9.73. The molecule has 0 bridgehead atoms. The van der Waals surface area contributed by atoms with Gasteiger partial charge in [-0.05, 0) is 5.41 Å². The van der Waals surface area contributed by atoms with E-state index in [-0.39, 0.29) is 6.54 Å². The van der Waals surface area contributed by atoms with Gasteiger partial charge in [0, 0.05) is 13.0 Å². The predicted octanol–water partition coefficient (Wildman–Crippen LogP) is -0.688. The number of nitrogens with one attached hydrogen (secondary N) is 1. The highest BCUT2D eigenvalue weighted by Crippen LogP contribution is 2.75. The molecule has 9 nitrogen and oxygen atoms in total. The average Bonchev–Trinajstić information content (AvgIpc) is 2.36. The SMILES string of the molecule is CC1(C)[C]C(P(=O)(O)O)(P(=O)(O)O)N(C(=N)N)C1. The Morgan fingerprint density at radius 2 is 1.67 bits per heavy atom. The van der Waals surface area contributed by atoms with Gasteiger partial charge in [0.1, 0.15) is 0 Å². The Morgan fingerprint density at radius 1 is 1.28 bits per heavy atom. The third-order valence-corrected chi connectivity index (χ3v) is 6.43. The summed E-state index contributed by atoms with van der Waals surface area (Å²) in [6.07, 6.45) is 2.23. The van der Waals surface area contributed by atoms with Crippen LogP contribution in [-0.2, 0) is 9.13 Å². The molecule has 0 aromatic heterocycles. The maximum absolute atomic E-state index is 11.6. The quantitative estimate of drug-likeness (QED) is 0.221. The van der Waals surface area contributed by atoms with E-state index in [2.05, 4.69) is 6.42 Å². The Morgan fingerprint density at radius 3 is 1.89 bits per heavy atom. The number of hydrogen-bond acceptors (Lipinski definition) is 3. The minimum absolute atomic E-state index is 0.224. The summed E-state index contributed by atoms with van der Waals surface area (Å²) in [7, 11) is -10.6. The highest BCUT2D eigenvalue weighted by atomic mass is 31.2. The van der Waals surface area contributed by atoms with E-state index in [1.165, 1.54) is 13.8 Å². The van der Waals surface area contributed by atoms with Crippen LogP contribution in [0.15, 0.2) is 0 Å². The van der Waals surface area contributed by atoms with Gasteiger partial charge in [-0.25, -0.2) is 0 Å². The van der Waals surface area contributed by atoms with Crippen LogP contribution in [0.2, 0.25) is 0 Å². The minimum Gasteiger partial charge on any atom is -0.370 e. The second-order valence-electron chi connectivity index (χ2n) is 4.70. The van der Waals surface area contributed by atoms with Crippen molar-refractivity contribution in [1.29, 1.82) is 5.41 Å². The van der Waals surface area contributed by atoms with Gasteiger partial charge in [0.2, 0.25) is 0 Å². The lowest BCUT2D eigenvalue weighted by Crippen LogP contribution is -2.49. The maximum atomic E-state index is 11.6. The van der Waals surface area contributed by atoms with Crippen LogP contribution in [0.1, 0.15) is 13.8 Å². The Kier molecular flexibility index (Phi) is 3.50. The molecule has 104 valence electrons. The molecular formula is C7H15N3O6P2. The fourth-order valence-electron chi connectivity index (χ4n) is 1.95. The molecule has 0 aromatic rings. The Hall–Kier alpha value is -0.430. The highest BCUT2D eigenvalue weighted by Gasteiger charge is 2.70. The highest BCUT2D eigenvalue weighted by molar-refractivity contribution is 7.72. The van der Waals surface area contributed by atoms with Crippen molar-refractivity contribution in [3.8, 4) is 0 Å². The average molecular weight is 299 g/mol. The number of nitrogens with zero attached hydrogens (tertiary/aromatic N) is 1. The van der Waals surface area contributed by atoms with Crippen molar-refractivity contribution in [2.45, 2.75) is 18.9 Å². The fourth-order valence-corrected chi connectivity index (χ4v) is 5.19. The van der Waals surface area contributed by atoms with Gasteiger partial charge in [-0.1, -0.05) is 13.8 Å². The van der Waals surface area contributed by atoms with Crippen LogP contribution in [0.4, 0.5) is 0 Å². The number of nitrogens with two attached hydrogens (primary N) is 1. The van der Waals surface area contributed by atoms with Gasteiger partial charge < -0.3 is 30.2 Å². The molecule has 0 spiro atoms. The lowest BCUT2D eigenvalue weighted by Gasteiger charge is -2.38. The van der Waals surface area contributed by atoms with Gasteiger partial charge in [-0.2, -0.15) is 0 Å². The van der Waals surface area contributed by atoms with Gasteiger partial charge in [0.15, 0.2) is 5.96 Å². The standard InChI is InChI=1S/C7H15N3O6P2/c1-6(2)3-7(17(11,12)13,18(14,15)16)10(4-6)5(8)9/h4H2,1-2H3,(H3,8,9)(H2,11,12,13)(H2,14,15,16). The summed E-state index contributed by atoms with van der Waals surface area (Å²) < 4.78 is 23.1. The summed E-state index contributed by atoms with van der Waals surface area (Å²) in [6.45, 7) is 2.74. The molecule has 0 amide bonds. The first-order valence-electron chi connectivity index (χ1n) is 4.77. The molecule has 0 aromatic carbocycles. The van der Waals surface area contributed by atoms with Crippen LogP contribution >= 0.6 is 15.2 Å². The smallest absolute Gasteiger partial charge is 0.364 e. The summed E-state index contributed by atoms with van der Waals surface area (Å²) in [6, 6.07) is 0. The van der Waals surface area contributed by atoms with Crippen LogP contribution in [0.25, 0.3) is 0 Å². The molecular weight excluding hydrogens is 284 g/mol. The first-order valence-corrected chi connectivity index (χ1v) is 7.99. The van der Waals surface area contributed by atoms with Gasteiger partial charge in [-0.3, -0.25) is 14.5 Å². The molecule has 1 fully saturated rings. The lowest BCUT2D eigenvalue weighted by molar-refractivity contribution is 0.262. The topological polar surface area (TPSA) is 168 Å². The van der Waals surface area contributed by atoms with Crippen LogP contribution in [0.5, 0.6) is 0 Å². The molecule has 1 aliphatic rings. The fraction of sp³-hybridized carbons (Fsp3) is 0.714. The van der Waals surface area contributed by atoms with Gasteiger partial charge in [0.05, 0.1) is 0 Å². The van der Waals surface area contributed by atoms with E-state index < -0.39 is 31.6 Å². The summed E-state index contributed by atoms with van der Waals surface area (Å²) >= 11 is 0. The van der Waals surface area contributed by atoms with Crippen LogP contribution in [-0.4, -0.2) is 42.0 Å². The van der Waals surface area contributed by atoms with Crippen molar-refractivity contribution >= 4 is 21.2 Å². The Bertz CT molecular complexity index is 444. The second-order valence-corrected chi connectivity index (χ2v) is 8.53. The molecule has 18 heavy (non-hydrogen) atoms. The van der Waals surface area contributed by atoms with Crippen molar-refractivity contribution in [3.05, 3.63) is 6.42 Å². The van der Waals surface area contributed by atoms with E-state index in [9.17, 15) is 28.7 Å². The van der Waals surface area contributed by atoms with Crippen LogP contribution in [0, 0.1) is 17.2 Å². The molecule has 1 rings (SSSR count). The summed E-state index contributed by atoms with van der Waals surface area (Å²) in [4.78, 5) is 37.8. The minimum atomic E-state index is -5.32. The van der Waals surface area contributed by atoms with Crippen molar-refractivity contribution in [2.24, 2.45) is 11.1 Å². The van der Waals surface area contributed by atoms with Crippen LogP contribution < -0.4 is 5.73 Å². The Labute approximate surface area is 104 Å². The zero-order chi connectivity index (χ0) is 14.6. The summed E-state index contributed by atoms with van der Waals surface area (Å²) in [5.41, 5.74) is 4.14. The molecule has 11 heteroatoms. The lowest BCUT2D eigenvalue weighted by atomic mass is 9.93. The van der Waals surface area contributed by atoms with Gasteiger partial charge in [-0.15, -0.1) is 0 Å². The van der Waals surface area contributed by atoms with Crippen molar-refractivity contribution in [3.63, 3.8) is 0 Å². The summed E-state index contributed by atoms with van der Waals surface area (Å²) in [5, 5.41) is 4.27. The van der Waals surface area contributed by atoms with E-state index in [0.29, 0.717) is 4.90 Å².